The fourth-order valence-electron chi connectivity index (χ4n) is 3.27. The van der Waals surface area contributed by atoms with E-state index in [1.54, 1.807) is 24.5 Å². The molecule has 1 aliphatic carbocycles. The van der Waals surface area contributed by atoms with Gasteiger partial charge in [-0.2, -0.15) is 0 Å². The summed E-state index contributed by atoms with van der Waals surface area (Å²) in [6.07, 6.45) is 3.96. The van der Waals surface area contributed by atoms with Crippen LogP contribution in [0.5, 0.6) is 0 Å². The number of aliphatic carboxylic acids is 1. The van der Waals surface area contributed by atoms with Crippen molar-refractivity contribution in [1.82, 2.24) is 0 Å². The van der Waals surface area contributed by atoms with Gasteiger partial charge in [-0.15, -0.1) is 11.3 Å². The molecule has 1 aliphatic rings. The van der Waals surface area contributed by atoms with Crippen molar-refractivity contribution in [2.24, 2.45) is 11.8 Å². The molecule has 2 atom stereocenters. The Morgan fingerprint density at radius 1 is 1.17 bits per heavy atom. The van der Waals surface area contributed by atoms with Crippen molar-refractivity contribution in [1.29, 1.82) is 0 Å². The molecular weight excluding hydrogens is 397 g/mol. The first kappa shape index (κ1) is 20.7. The van der Waals surface area contributed by atoms with E-state index >= 15 is 0 Å². The zero-order valence-electron chi connectivity index (χ0n) is 15.6. The Hall–Kier alpha value is -3.00. The third-order valence-electron chi connectivity index (χ3n) is 4.73. The number of hydrogen-bond donors (Lipinski definition) is 1. The van der Waals surface area contributed by atoms with Gasteiger partial charge in [0.2, 0.25) is 5.91 Å². The molecule has 0 radical (unpaired) electrons. The summed E-state index contributed by atoms with van der Waals surface area (Å²) >= 11 is 1.12. The van der Waals surface area contributed by atoms with E-state index in [1.165, 1.54) is 24.3 Å². The number of allylic oxidation sites excluding steroid dienone is 2. The maximum absolute atomic E-state index is 13.3. The van der Waals surface area contributed by atoms with Crippen LogP contribution in [-0.2, 0) is 14.3 Å². The molecule has 0 fully saturated rings. The van der Waals surface area contributed by atoms with Crippen LogP contribution in [-0.4, -0.2) is 24.5 Å². The molecule has 6 nitrogen and oxygen atoms in total. The molecule has 1 aromatic carbocycles. The van der Waals surface area contributed by atoms with Crippen LogP contribution < -0.4 is 10.4 Å². The maximum Gasteiger partial charge on any atom is 0.341 e. The van der Waals surface area contributed by atoms with Crippen LogP contribution in [0.15, 0.2) is 41.8 Å². The van der Waals surface area contributed by atoms with Crippen molar-refractivity contribution in [2.45, 2.75) is 19.8 Å². The number of carboxylic acids is 1. The number of amides is 1. The predicted molar refractivity (Wildman–Crippen MR) is 105 cm³/mol. The summed E-state index contributed by atoms with van der Waals surface area (Å²) in [6, 6.07) is 5.62. The van der Waals surface area contributed by atoms with Crippen molar-refractivity contribution in [3.8, 4) is 11.1 Å². The van der Waals surface area contributed by atoms with Gasteiger partial charge in [-0.1, -0.05) is 24.3 Å². The number of hydrogen-bond acceptors (Lipinski definition) is 6. The van der Waals surface area contributed by atoms with E-state index in [2.05, 4.69) is 5.32 Å². The number of rotatable bonds is 6. The van der Waals surface area contributed by atoms with Gasteiger partial charge in [-0.25, -0.2) is 9.18 Å². The van der Waals surface area contributed by atoms with E-state index in [1.807, 2.05) is 0 Å². The van der Waals surface area contributed by atoms with Crippen LogP contribution in [0.1, 0.15) is 30.1 Å². The summed E-state index contributed by atoms with van der Waals surface area (Å²) < 4.78 is 18.4. The first-order chi connectivity index (χ1) is 13.9. The lowest BCUT2D eigenvalue weighted by molar-refractivity contribution is -0.313. The van der Waals surface area contributed by atoms with Crippen LogP contribution >= 0.6 is 11.3 Å². The molecule has 0 bridgehead atoms. The number of carbonyl (C=O) groups excluding carboxylic acids is 3. The fraction of sp³-hybridized carbons (Fsp3) is 0.286. The van der Waals surface area contributed by atoms with Crippen molar-refractivity contribution < 1.29 is 28.6 Å². The van der Waals surface area contributed by atoms with Crippen molar-refractivity contribution in [3.63, 3.8) is 0 Å². The van der Waals surface area contributed by atoms with Crippen molar-refractivity contribution in [3.05, 3.63) is 53.2 Å². The third-order valence-corrected chi connectivity index (χ3v) is 5.63. The normalized spacial score (nSPS) is 18.3. The zero-order chi connectivity index (χ0) is 21.0. The first-order valence-electron chi connectivity index (χ1n) is 9.13. The Kier molecular flexibility index (Phi) is 6.43. The molecule has 1 aromatic heterocycles. The Balaban J connectivity index is 1.93. The van der Waals surface area contributed by atoms with Gasteiger partial charge in [0.25, 0.3) is 0 Å². The minimum absolute atomic E-state index is 0.144. The molecule has 1 N–H and O–H groups in total. The average molecular weight is 416 g/mol. The Bertz CT molecular complexity index is 950. The SMILES string of the molecule is CCOC(=O)c1c(-c2ccc(F)cc2)csc1NC(=O)[C@@H]1CC=CC[C@@H]1C(=O)[O-]. The highest BCUT2D eigenvalue weighted by molar-refractivity contribution is 7.15. The van der Waals surface area contributed by atoms with E-state index in [0.717, 1.165) is 11.3 Å². The van der Waals surface area contributed by atoms with Gasteiger partial charge in [0.05, 0.1) is 12.5 Å². The zero-order valence-corrected chi connectivity index (χ0v) is 16.5. The summed E-state index contributed by atoms with van der Waals surface area (Å²) in [5.74, 6) is -4.53. The highest BCUT2D eigenvalue weighted by Crippen LogP contribution is 2.37. The molecule has 8 heteroatoms. The lowest BCUT2D eigenvalue weighted by Crippen LogP contribution is -2.41. The van der Waals surface area contributed by atoms with E-state index in [0.29, 0.717) is 11.1 Å². The summed E-state index contributed by atoms with van der Waals surface area (Å²) in [5, 5.41) is 16.0. The van der Waals surface area contributed by atoms with E-state index in [4.69, 9.17) is 4.74 Å². The number of carboxylic acid groups (broad SMARTS) is 1. The Labute approximate surface area is 171 Å². The number of benzene rings is 1. The number of carbonyl (C=O) groups is 3. The van der Waals surface area contributed by atoms with Crippen LogP contribution in [0.25, 0.3) is 11.1 Å². The number of anilines is 1. The van der Waals surface area contributed by atoms with Gasteiger partial charge in [-0.05, 0) is 37.5 Å². The number of esters is 1. The monoisotopic (exact) mass is 416 g/mol. The second kappa shape index (κ2) is 9.00. The van der Waals surface area contributed by atoms with Gasteiger partial charge in [0.15, 0.2) is 0 Å². The maximum atomic E-state index is 13.3. The van der Waals surface area contributed by atoms with Crippen molar-refractivity contribution in [2.75, 3.05) is 11.9 Å². The lowest BCUT2D eigenvalue weighted by Gasteiger charge is -2.28. The molecule has 2 aromatic rings. The van der Waals surface area contributed by atoms with Gasteiger partial charge >= 0.3 is 5.97 Å². The molecule has 0 spiro atoms. The summed E-state index contributed by atoms with van der Waals surface area (Å²) in [4.78, 5) is 36.7. The van der Waals surface area contributed by atoms with E-state index < -0.39 is 35.5 Å². The molecule has 29 heavy (non-hydrogen) atoms. The number of halogens is 1. The topological polar surface area (TPSA) is 95.5 Å². The van der Waals surface area contributed by atoms with Gasteiger partial charge in [-0.3, -0.25) is 4.79 Å². The molecule has 1 heterocycles. The smallest absolute Gasteiger partial charge is 0.341 e. The largest absolute Gasteiger partial charge is 0.550 e. The Morgan fingerprint density at radius 2 is 1.83 bits per heavy atom. The van der Waals surface area contributed by atoms with Crippen LogP contribution in [0, 0.1) is 17.7 Å². The summed E-state index contributed by atoms with van der Waals surface area (Å²) in [6.45, 7) is 1.81. The lowest BCUT2D eigenvalue weighted by atomic mass is 9.82. The molecule has 3 rings (SSSR count). The van der Waals surface area contributed by atoms with E-state index in [-0.39, 0.29) is 30.0 Å². The third kappa shape index (κ3) is 4.54. The molecule has 0 saturated carbocycles. The summed E-state index contributed by atoms with van der Waals surface area (Å²) in [7, 11) is 0. The predicted octanol–water partition coefficient (Wildman–Crippen LogP) is 3.00. The fourth-order valence-corrected chi connectivity index (χ4v) is 4.23. The van der Waals surface area contributed by atoms with Crippen molar-refractivity contribution >= 4 is 34.2 Å². The molecule has 0 aliphatic heterocycles. The highest BCUT2D eigenvalue weighted by Gasteiger charge is 2.31. The number of ether oxygens (including phenoxy) is 1. The van der Waals surface area contributed by atoms with Crippen LogP contribution in [0.3, 0.4) is 0 Å². The number of thiophene rings is 1. The van der Waals surface area contributed by atoms with Gasteiger partial charge < -0.3 is 20.0 Å². The molecule has 0 unspecified atom stereocenters. The molecular formula is C21H19FNO5S-. The van der Waals surface area contributed by atoms with Gasteiger partial charge in [0, 0.05) is 22.8 Å². The molecule has 152 valence electrons. The average Bonchev–Trinajstić information content (AvgIpc) is 3.12. The summed E-state index contributed by atoms with van der Waals surface area (Å²) in [5.41, 5.74) is 1.26. The molecule has 1 amide bonds. The highest BCUT2D eigenvalue weighted by atomic mass is 32.1. The first-order valence-corrected chi connectivity index (χ1v) is 10.0. The minimum atomic E-state index is -1.28. The standard InChI is InChI=1S/C21H20FNO5S/c1-2-28-21(27)17-16(12-7-9-13(22)10-8-12)11-29-19(17)23-18(24)14-5-3-4-6-15(14)20(25)26/h3-4,7-11,14-15H,2,5-6H2,1H3,(H,23,24)(H,25,26)/p-1/t14-,15+/m1/s1. The van der Waals surface area contributed by atoms with Crippen LogP contribution in [0.4, 0.5) is 9.39 Å². The second-order valence-electron chi connectivity index (χ2n) is 6.54. The second-order valence-corrected chi connectivity index (χ2v) is 7.42. The minimum Gasteiger partial charge on any atom is -0.550 e. The van der Waals surface area contributed by atoms with E-state index in [9.17, 15) is 23.9 Å². The van der Waals surface area contributed by atoms with Crippen LogP contribution in [0.2, 0.25) is 0 Å². The number of nitrogens with one attached hydrogen (secondary N) is 1. The van der Waals surface area contributed by atoms with Gasteiger partial charge in [0.1, 0.15) is 16.4 Å². The molecule has 0 saturated heterocycles. The quantitative estimate of drug-likeness (QED) is 0.577. The Morgan fingerprint density at radius 3 is 2.45 bits per heavy atom.